The van der Waals surface area contributed by atoms with Crippen molar-refractivity contribution in [3.8, 4) is 0 Å². The highest BCUT2D eigenvalue weighted by atomic mass is 35.5. The standard InChI is InChI=1S/C14H17ClF2N4/c1-18-13(9-20-8-7-14(16,17)10-20)21(19-2)12-5-3-11(15)4-6-12/h3-6H,2,7-10H2,1H3. The molecule has 0 atom stereocenters. The molecule has 114 valence electrons. The third kappa shape index (κ3) is 3.98. The number of hydrogen-bond acceptors (Lipinski definition) is 3. The summed E-state index contributed by atoms with van der Waals surface area (Å²) in [7, 11) is 1.61. The Morgan fingerprint density at radius 1 is 1.43 bits per heavy atom. The molecule has 0 saturated carbocycles. The predicted molar refractivity (Wildman–Crippen MR) is 82.8 cm³/mol. The molecule has 2 rings (SSSR count). The minimum atomic E-state index is -2.62. The van der Waals surface area contributed by atoms with E-state index >= 15 is 0 Å². The number of aliphatic imine (C=N–C) groups is 1. The maximum atomic E-state index is 13.3. The average molecular weight is 315 g/mol. The molecule has 1 saturated heterocycles. The maximum Gasteiger partial charge on any atom is 0.261 e. The third-order valence-electron chi connectivity index (χ3n) is 3.33. The van der Waals surface area contributed by atoms with Crippen molar-refractivity contribution in [2.45, 2.75) is 12.3 Å². The molecule has 1 fully saturated rings. The molecule has 0 unspecified atom stereocenters. The van der Waals surface area contributed by atoms with Gasteiger partial charge in [0.15, 0.2) is 0 Å². The Hall–Kier alpha value is -1.53. The molecule has 21 heavy (non-hydrogen) atoms. The van der Waals surface area contributed by atoms with Crippen molar-refractivity contribution in [2.24, 2.45) is 10.1 Å². The van der Waals surface area contributed by atoms with Gasteiger partial charge in [-0.05, 0) is 24.3 Å². The number of anilines is 1. The lowest BCUT2D eigenvalue weighted by Crippen LogP contribution is -2.38. The maximum absolute atomic E-state index is 13.3. The second-order valence-electron chi connectivity index (χ2n) is 4.89. The van der Waals surface area contributed by atoms with Crippen molar-refractivity contribution in [3.63, 3.8) is 0 Å². The molecule has 1 aromatic carbocycles. The lowest BCUT2D eigenvalue weighted by Gasteiger charge is -2.24. The Morgan fingerprint density at radius 3 is 2.57 bits per heavy atom. The summed E-state index contributed by atoms with van der Waals surface area (Å²) >= 11 is 5.86. The number of nitrogens with zero attached hydrogens (tertiary/aromatic N) is 4. The summed E-state index contributed by atoms with van der Waals surface area (Å²) in [6.45, 7) is 3.92. The Bertz CT molecular complexity index is 530. The average Bonchev–Trinajstić information content (AvgIpc) is 2.79. The van der Waals surface area contributed by atoms with Gasteiger partial charge in [0.2, 0.25) is 0 Å². The Kier molecular flexibility index (Phi) is 4.90. The Morgan fingerprint density at radius 2 is 2.10 bits per heavy atom. The smallest absolute Gasteiger partial charge is 0.261 e. The third-order valence-corrected chi connectivity index (χ3v) is 3.58. The summed E-state index contributed by atoms with van der Waals surface area (Å²) in [6.07, 6.45) is -0.119. The highest BCUT2D eigenvalue weighted by Crippen LogP contribution is 2.27. The van der Waals surface area contributed by atoms with Crippen molar-refractivity contribution in [1.82, 2.24) is 4.90 Å². The van der Waals surface area contributed by atoms with E-state index in [1.54, 1.807) is 36.2 Å². The van der Waals surface area contributed by atoms with Crippen LogP contribution in [0, 0.1) is 0 Å². The van der Waals surface area contributed by atoms with Crippen molar-refractivity contribution in [2.75, 3.05) is 31.7 Å². The number of alkyl halides is 2. The quantitative estimate of drug-likeness (QED) is 0.486. The van der Waals surface area contributed by atoms with E-state index in [-0.39, 0.29) is 13.0 Å². The van der Waals surface area contributed by atoms with Crippen LogP contribution in [0.3, 0.4) is 0 Å². The first-order valence-corrected chi connectivity index (χ1v) is 6.91. The zero-order chi connectivity index (χ0) is 15.5. The van der Waals surface area contributed by atoms with Crippen molar-refractivity contribution in [3.05, 3.63) is 29.3 Å². The minimum Gasteiger partial charge on any atom is -0.290 e. The van der Waals surface area contributed by atoms with E-state index in [1.165, 1.54) is 5.01 Å². The normalized spacial score (nSPS) is 18.8. The first-order chi connectivity index (χ1) is 9.95. The fourth-order valence-electron chi connectivity index (χ4n) is 2.27. The molecule has 1 aromatic rings. The van der Waals surface area contributed by atoms with Crippen molar-refractivity contribution in [1.29, 1.82) is 0 Å². The lowest BCUT2D eigenvalue weighted by molar-refractivity contribution is 0.0136. The van der Waals surface area contributed by atoms with Crippen molar-refractivity contribution >= 4 is 29.8 Å². The van der Waals surface area contributed by atoms with Gasteiger partial charge in [0.05, 0.1) is 18.8 Å². The van der Waals surface area contributed by atoms with E-state index in [0.717, 1.165) is 5.69 Å². The second-order valence-corrected chi connectivity index (χ2v) is 5.32. The monoisotopic (exact) mass is 314 g/mol. The van der Waals surface area contributed by atoms with Gasteiger partial charge < -0.3 is 0 Å². The molecule has 0 bridgehead atoms. The number of rotatable bonds is 4. The largest absolute Gasteiger partial charge is 0.290 e. The number of likely N-dealkylation sites (tertiary alicyclic amines) is 1. The molecule has 0 spiro atoms. The molecule has 1 aliphatic heterocycles. The van der Waals surface area contributed by atoms with Gasteiger partial charge in [0.1, 0.15) is 5.84 Å². The van der Waals surface area contributed by atoms with E-state index < -0.39 is 5.92 Å². The molecular formula is C14H17ClF2N4. The summed E-state index contributed by atoms with van der Waals surface area (Å²) in [6, 6.07) is 7.01. The summed E-state index contributed by atoms with van der Waals surface area (Å²) in [5, 5.41) is 6.08. The number of benzene rings is 1. The molecule has 4 nitrogen and oxygen atoms in total. The summed E-state index contributed by atoms with van der Waals surface area (Å²) in [5.74, 6) is -2.06. The minimum absolute atomic E-state index is 0.119. The van der Waals surface area contributed by atoms with E-state index in [4.69, 9.17) is 11.6 Å². The second kappa shape index (κ2) is 6.49. The van der Waals surface area contributed by atoms with E-state index in [2.05, 4.69) is 16.8 Å². The zero-order valence-electron chi connectivity index (χ0n) is 11.8. The van der Waals surface area contributed by atoms with E-state index in [1.807, 2.05) is 0 Å². The highest BCUT2D eigenvalue weighted by molar-refractivity contribution is 6.30. The van der Waals surface area contributed by atoms with Gasteiger partial charge in [0.25, 0.3) is 5.92 Å². The van der Waals surface area contributed by atoms with Crippen LogP contribution in [0.1, 0.15) is 6.42 Å². The van der Waals surface area contributed by atoms with Crippen LogP contribution in [0.4, 0.5) is 14.5 Å². The topological polar surface area (TPSA) is 31.2 Å². The molecular weight excluding hydrogens is 298 g/mol. The molecule has 7 heteroatoms. The SMILES string of the molecule is C=NN(C(CN1CCC(F)(F)C1)=NC)c1ccc(Cl)cc1. The van der Waals surface area contributed by atoms with Gasteiger partial charge in [-0.25, -0.2) is 13.8 Å². The van der Waals surface area contributed by atoms with Crippen LogP contribution in [0.25, 0.3) is 0 Å². The van der Waals surface area contributed by atoms with Crippen LogP contribution in [-0.4, -0.2) is 50.1 Å². The van der Waals surface area contributed by atoms with E-state index in [0.29, 0.717) is 23.9 Å². The molecule has 1 aliphatic rings. The zero-order valence-corrected chi connectivity index (χ0v) is 12.5. The lowest BCUT2D eigenvalue weighted by atomic mass is 10.3. The number of hydrogen-bond donors (Lipinski definition) is 0. The number of halogens is 3. The van der Waals surface area contributed by atoms with Crippen LogP contribution in [0.5, 0.6) is 0 Å². The first kappa shape index (κ1) is 15.9. The molecule has 1 heterocycles. The van der Waals surface area contributed by atoms with Crippen LogP contribution < -0.4 is 5.01 Å². The van der Waals surface area contributed by atoms with Crippen molar-refractivity contribution < 1.29 is 8.78 Å². The van der Waals surface area contributed by atoms with Crippen LogP contribution in [-0.2, 0) is 0 Å². The summed E-state index contributed by atoms with van der Waals surface area (Å²) in [5.41, 5.74) is 0.737. The molecule has 0 aromatic heterocycles. The molecule has 0 N–H and O–H groups in total. The Labute approximate surface area is 127 Å². The fraction of sp³-hybridized carbons (Fsp3) is 0.429. The van der Waals surface area contributed by atoms with Crippen LogP contribution >= 0.6 is 11.6 Å². The predicted octanol–water partition coefficient (Wildman–Crippen LogP) is 3.13. The highest BCUT2D eigenvalue weighted by Gasteiger charge is 2.38. The number of hydrazone groups is 1. The van der Waals surface area contributed by atoms with E-state index in [9.17, 15) is 8.78 Å². The summed E-state index contributed by atoms with van der Waals surface area (Å²) in [4.78, 5) is 5.82. The van der Waals surface area contributed by atoms with Crippen LogP contribution in [0.2, 0.25) is 5.02 Å². The molecule has 0 radical (unpaired) electrons. The van der Waals surface area contributed by atoms with Gasteiger partial charge in [-0.15, -0.1) is 0 Å². The molecule has 0 aliphatic carbocycles. The van der Waals surface area contributed by atoms with Crippen LogP contribution in [0.15, 0.2) is 34.4 Å². The summed E-state index contributed by atoms with van der Waals surface area (Å²) < 4.78 is 26.5. The van der Waals surface area contributed by atoms with Gasteiger partial charge in [-0.1, -0.05) is 11.6 Å². The van der Waals surface area contributed by atoms with Gasteiger partial charge in [-0.2, -0.15) is 5.10 Å². The first-order valence-electron chi connectivity index (χ1n) is 6.53. The molecule has 0 amide bonds. The van der Waals surface area contributed by atoms with Gasteiger partial charge >= 0.3 is 0 Å². The van der Waals surface area contributed by atoms with Gasteiger partial charge in [-0.3, -0.25) is 9.89 Å². The fourth-order valence-corrected chi connectivity index (χ4v) is 2.39. The number of amidine groups is 1. The van der Waals surface area contributed by atoms with Gasteiger partial charge in [0, 0.05) is 31.8 Å². The Balaban J connectivity index is 2.12.